The van der Waals surface area contributed by atoms with Gasteiger partial charge in [-0.05, 0) is 50.1 Å². The van der Waals surface area contributed by atoms with Crippen LogP contribution in [0.15, 0.2) is 48.9 Å². The number of alkyl halides is 3. The van der Waals surface area contributed by atoms with E-state index in [4.69, 9.17) is 0 Å². The van der Waals surface area contributed by atoms with Gasteiger partial charge in [0.1, 0.15) is 11.6 Å². The van der Waals surface area contributed by atoms with E-state index in [2.05, 4.69) is 20.7 Å². The van der Waals surface area contributed by atoms with Crippen LogP contribution in [0.3, 0.4) is 0 Å². The second-order valence-electron chi connectivity index (χ2n) is 7.86. The first kappa shape index (κ1) is 26.5. The Morgan fingerprint density at radius 1 is 1.08 bits per heavy atom. The molecule has 3 amide bonds. The van der Waals surface area contributed by atoms with Gasteiger partial charge in [0.2, 0.25) is 0 Å². The summed E-state index contributed by atoms with van der Waals surface area (Å²) in [5.41, 5.74) is 0.759. The SMILES string of the molecule is CCN(NC(=O)c1cncc(C)c1)C(=O)N[C@H](C)c1ncc(-c2cccc(F)c2C(F)(F)F)cc1F. The van der Waals surface area contributed by atoms with Crippen molar-refractivity contribution in [3.05, 3.63) is 82.9 Å². The van der Waals surface area contributed by atoms with Gasteiger partial charge in [-0.2, -0.15) is 13.2 Å². The number of halogens is 5. The number of carbonyl (C=O) groups excluding carboxylic acids is 2. The lowest BCUT2D eigenvalue weighted by Gasteiger charge is -2.24. The number of carbonyl (C=O) groups is 2. The topological polar surface area (TPSA) is 87.2 Å². The molecule has 0 aliphatic carbocycles. The minimum Gasteiger partial charge on any atom is -0.328 e. The molecule has 2 heterocycles. The Morgan fingerprint density at radius 2 is 1.81 bits per heavy atom. The van der Waals surface area contributed by atoms with E-state index in [1.165, 1.54) is 13.1 Å². The van der Waals surface area contributed by atoms with Gasteiger partial charge in [0.05, 0.1) is 22.9 Å². The van der Waals surface area contributed by atoms with E-state index in [1.807, 2.05) is 0 Å². The molecule has 0 fully saturated rings. The maximum atomic E-state index is 14.8. The number of pyridine rings is 2. The van der Waals surface area contributed by atoms with Crippen molar-refractivity contribution in [2.45, 2.75) is 33.0 Å². The minimum atomic E-state index is -5.00. The first-order valence-corrected chi connectivity index (χ1v) is 10.7. The number of rotatable bonds is 5. The molecule has 12 heteroatoms. The average Bonchev–Trinajstić information content (AvgIpc) is 2.81. The van der Waals surface area contributed by atoms with Gasteiger partial charge >= 0.3 is 12.2 Å². The van der Waals surface area contributed by atoms with Crippen LogP contribution in [0.4, 0.5) is 26.7 Å². The molecule has 2 aromatic heterocycles. The summed E-state index contributed by atoms with van der Waals surface area (Å²) in [6, 6.07) is 3.34. The van der Waals surface area contributed by atoms with Crippen LogP contribution in [-0.4, -0.2) is 33.5 Å². The van der Waals surface area contributed by atoms with Crippen LogP contribution in [0.5, 0.6) is 0 Å². The second-order valence-corrected chi connectivity index (χ2v) is 7.86. The third-order valence-electron chi connectivity index (χ3n) is 5.16. The quantitative estimate of drug-likeness (QED) is 0.368. The monoisotopic (exact) mass is 507 g/mol. The third-order valence-corrected chi connectivity index (χ3v) is 5.16. The molecule has 2 N–H and O–H groups in total. The molecule has 0 aliphatic rings. The first-order chi connectivity index (χ1) is 16.9. The van der Waals surface area contributed by atoms with Crippen molar-refractivity contribution in [1.29, 1.82) is 0 Å². The molecule has 0 bridgehead atoms. The van der Waals surface area contributed by atoms with Crippen molar-refractivity contribution >= 4 is 11.9 Å². The number of nitrogens with one attached hydrogen (secondary N) is 2. The normalized spacial score (nSPS) is 12.1. The van der Waals surface area contributed by atoms with E-state index < -0.39 is 46.9 Å². The number of hydrazine groups is 1. The van der Waals surface area contributed by atoms with E-state index in [1.54, 1.807) is 26.1 Å². The van der Waals surface area contributed by atoms with Crippen molar-refractivity contribution in [3.8, 4) is 11.1 Å². The third kappa shape index (κ3) is 5.93. The summed E-state index contributed by atoms with van der Waals surface area (Å²) in [5.74, 6) is -3.08. The lowest BCUT2D eigenvalue weighted by atomic mass is 9.99. The Bertz CT molecular complexity index is 1280. The predicted octanol–water partition coefficient (Wildman–Crippen LogP) is 5.19. The number of hydrogen-bond acceptors (Lipinski definition) is 4. The number of urea groups is 1. The number of benzene rings is 1. The Kier molecular flexibility index (Phi) is 7.86. The molecule has 36 heavy (non-hydrogen) atoms. The molecule has 0 radical (unpaired) electrons. The van der Waals surface area contributed by atoms with E-state index in [0.29, 0.717) is 6.07 Å². The summed E-state index contributed by atoms with van der Waals surface area (Å²) in [6.45, 7) is 4.83. The van der Waals surface area contributed by atoms with Gasteiger partial charge in [-0.3, -0.25) is 20.2 Å². The minimum absolute atomic E-state index is 0.0676. The number of nitrogens with zero attached hydrogens (tertiary/aromatic N) is 3. The van der Waals surface area contributed by atoms with Crippen LogP contribution < -0.4 is 10.7 Å². The van der Waals surface area contributed by atoms with Gasteiger partial charge in [0.25, 0.3) is 5.91 Å². The molecule has 0 aliphatic heterocycles. The summed E-state index contributed by atoms with van der Waals surface area (Å²) < 4.78 is 68.7. The van der Waals surface area contributed by atoms with E-state index >= 15 is 0 Å². The highest BCUT2D eigenvalue weighted by Gasteiger charge is 2.37. The van der Waals surface area contributed by atoms with Crippen molar-refractivity contribution in [3.63, 3.8) is 0 Å². The molecule has 0 spiro atoms. The average molecular weight is 507 g/mol. The maximum absolute atomic E-state index is 14.8. The number of amides is 3. The molecule has 190 valence electrons. The highest BCUT2D eigenvalue weighted by molar-refractivity contribution is 5.95. The smallest absolute Gasteiger partial charge is 0.328 e. The van der Waals surface area contributed by atoms with Gasteiger partial charge < -0.3 is 5.32 Å². The number of hydrogen-bond donors (Lipinski definition) is 2. The van der Waals surface area contributed by atoms with Gasteiger partial charge in [0, 0.05) is 30.7 Å². The fraction of sp³-hybridized carbons (Fsp3) is 0.250. The van der Waals surface area contributed by atoms with E-state index in [9.17, 15) is 31.5 Å². The standard InChI is InChI=1S/C24H22F5N5O2/c1-4-34(33-22(35)16-8-13(2)10-30-11-16)23(36)32-14(3)21-19(26)9-15(12-31-21)17-6-5-7-18(25)20(17)24(27,28)29/h5-12,14H,4H2,1-3H3,(H,32,36)(H,33,35)/t14-/m1/s1. The predicted molar refractivity (Wildman–Crippen MR) is 120 cm³/mol. The lowest BCUT2D eigenvalue weighted by Crippen LogP contribution is -2.51. The Balaban J connectivity index is 1.77. The molecule has 0 saturated heterocycles. The van der Waals surface area contributed by atoms with Gasteiger partial charge in [-0.15, -0.1) is 0 Å². The Morgan fingerprint density at radius 3 is 2.42 bits per heavy atom. The van der Waals surface area contributed by atoms with Crippen LogP contribution in [0, 0.1) is 18.6 Å². The summed E-state index contributed by atoms with van der Waals surface area (Å²) in [5, 5.41) is 3.44. The largest absolute Gasteiger partial charge is 0.419 e. The van der Waals surface area contributed by atoms with Crippen molar-refractivity contribution in [2.24, 2.45) is 0 Å². The zero-order valence-electron chi connectivity index (χ0n) is 19.5. The highest BCUT2D eigenvalue weighted by Crippen LogP contribution is 2.39. The zero-order valence-corrected chi connectivity index (χ0v) is 19.5. The Labute approximate surface area is 203 Å². The number of aryl methyl sites for hydroxylation is 1. The van der Waals surface area contributed by atoms with Gasteiger partial charge in [0.15, 0.2) is 0 Å². The first-order valence-electron chi connectivity index (χ1n) is 10.7. The van der Waals surface area contributed by atoms with Crippen molar-refractivity contribution < 1.29 is 31.5 Å². The molecule has 7 nitrogen and oxygen atoms in total. The van der Waals surface area contributed by atoms with Crippen molar-refractivity contribution in [1.82, 2.24) is 25.7 Å². The van der Waals surface area contributed by atoms with E-state index in [-0.39, 0.29) is 23.4 Å². The number of aromatic nitrogens is 2. The highest BCUT2D eigenvalue weighted by atomic mass is 19.4. The molecule has 3 aromatic rings. The molecule has 0 saturated carbocycles. The Hall–Kier alpha value is -4.09. The summed E-state index contributed by atoms with van der Waals surface area (Å²) in [4.78, 5) is 32.9. The van der Waals surface area contributed by atoms with E-state index in [0.717, 1.165) is 35.0 Å². The van der Waals surface area contributed by atoms with Gasteiger partial charge in [-0.25, -0.2) is 18.6 Å². The molecule has 1 aromatic carbocycles. The lowest BCUT2D eigenvalue weighted by molar-refractivity contribution is -0.139. The molecule has 3 rings (SSSR count). The zero-order chi connectivity index (χ0) is 26.6. The maximum Gasteiger partial charge on any atom is 0.419 e. The summed E-state index contributed by atoms with van der Waals surface area (Å²) in [7, 11) is 0. The van der Waals surface area contributed by atoms with Crippen LogP contribution in [0.25, 0.3) is 11.1 Å². The second kappa shape index (κ2) is 10.7. The van der Waals surface area contributed by atoms with Crippen LogP contribution in [0.2, 0.25) is 0 Å². The van der Waals surface area contributed by atoms with Crippen LogP contribution in [-0.2, 0) is 6.18 Å². The van der Waals surface area contributed by atoms with Gasteiger partial charge in [-0.1, -0.05) is 12.1 Å². The molecular weight excluding hydrogens is 485 g/mol. The molecule has 1 atom stereocenters. The molecular formula is C24H22F5N5O2. The van der Waals surface area contributed by atoms with Crippen molar-refractivity contribution in [2.75, 3.05) is 6.54 Å². The van der Waals surface area contributed by atoms with Crippen LogP contribution in [0.1, 0.15) is 47.1 Å². The molecule has 0 unspecified atom stereocenters. The fourth-order valence-electron chi connectivity index (χ4n) is 3.44. The van der Waals surface area contributed by atoms with Crippen LogP contribution >= 0.6 is 0 Å². The summed E-state index contributed by atoms with van der Waals surface area (Å²) >= 11 is 0. The fourth-order valence-corrected chi connectivity index (χ4v) is 3.44. The summed E-state index contributed by atoms with van der Waals surface area (Å²) in [6.07, 6.45) is -1.14.